The minimum atomic E-state index is -3.72. The van der Waals surface area contributed by atoms with E-state index in [2.05, 4.69) is 0 Å². The molecule has 2 aromatic rings. The van der Waals surface area contributed by atoms with Gasteiger partial charge in [-0.2, -0.15) is 0 Å². The standard InChI is InChI=1S/C12H12N2O3S/c1-14-8-10(5-6-12(14)15)9-3-2-4-11(7-9)18(13,16)17/h2-8H,1H3,(H2,13,16,17). The van der Waals surface area contributed by atoms with Gasteiger partial charge in [0.05, 0.1) is 4.90 Å². The second-order valence-corrected chi connectivity index (χ2v) is 5.50. The number of aryl methyl sites for hydroxylation is 1. The van der Waals surface area contributed by atoms with Crippen LogP contribution in [0.2, 0.25) is 0 Å². The first-order valence-corrected chi connectivity index (χ1v) is 6.72. The van der Waals surface area contributed by atoms with Crippen molar-refractivity contribution < 1.29 is 8.42 Å². The smallest absolute Gasteiger partial charge is 0.250 e. The quantitative estimate of drug-likeness (QED) is 0.866. The molecule has 2 N–H and O–H groups in total. The van der Waals surface area contributed by atoms with Crippen molar-refractivity contribution in [2.45, 2.75) is 4.90 Å². The van der Waals surface area contributed by atoms with Gasteiger partial charge in [-0.3, -0.25) is 4.79 Å². The van der Waals surface area contributed by atoms with Crippen LogP contribution in [0.4, 0.5) is 0 Å². The van der Waals surface area contributed by atoms with Crippen LogP contribution in [0, 0.1) is 0 Å². The SMILES string of the molecule is Cn1cc(-c2cccc(S(N)(=O)=O)c2)ccc1=O. The van der Waals surface area contributed by atoms with Crippen molar-refractivity contribution in [2.75, 3.05) is 0 Å². The highest BCUT2D eigenvalue weighted by Crippen LogP contribution is 2.20. The first-order chi connectivity index (χ1) is 8.38. The topological polar surface area (TPSA) is 82.2 Å². The van der Waals surface area contributed by atoms with Crippen LogP contribution in [0.5, 0.6) is 0 Å². The summed E-state index contributed by atoms with van der Waals surface area (Å²) in [4.78, 5) is 11.3. The highest BCUT2D eigenvalue weighted by Gasteiger charge is 2.08. The van der Waals surface area contributed by atoms with Crippen molar-refractivity contribution in [1.82, 2.24) is 4.57 Å². The zero-order valence-corrected chi connectivity index (χ0v) is 10.5. The van der Waals surface area contributed by atoms with Crippen LogP contribution < -0.4 is 10.7 Å². The fraction of sp³-hybridized carbons (Fsp3) is 0.0833. The van der Waals surface area contributed by atoms with Crippen molar-refractivity contribution in [3.63, 3.8) is 0 Å². The van der Waals surface area contributed by atoms with Gasteiger partial charge >= 0.3 is 0 Å². The summed E-state index contributed by atoms with van der Waals surface area (Å²) in [6.07, 6.45) is 1.64. The number of primary sulfonamides is 1. The molecule has 0 spiro atoms. The molecule has 2 rings (SSSR count). The van der Waals surface area contributed by atoms with E-state index in [4.69, 9.17) is 5.14 Å². The summed E-state index contributed by atoms with van der Waals surface area (Å²) in [6.45, 7) is 0. The minimum absolute atomic E-state index is 0.0499. The van der Waals surface area contributed by atoms with Crippen LogP contribution in [-0.4, -0.2) is 13.0 Å². The lowest BCUT2D eigenvalue weighted by molar-refractivity contribution is 0.598. The van der Waals surface area contributed by atoms with Crippen molar-refractivity contribution in [3.05, 3.63) is 52.9 Å². The van der Waals surface area contributed by atoms with E-state index in [-0.39, 0.29) is 10.5 Å². The van der Waals surface area contributed by atoms with E-state index < -0.39 is 10.0 Å². The average molecular weight is 264 g/mol. The Morgan fingerprint density at radius 3 is 2.44 bits per heavy atom. The molecule has 0 radical (unpaired) electrons. The molecule has 0 aliphatic carbocycles. The fourth-order valence-electron chi connectivity index (χ4n) is 1.62. The summed E-state index contributed by atoms with van der Waals surface area (Å²) >= 11 is 0. The van der Waals surface area contributed by atoms with E-state index in [1.165, 1.54) is 22.8 Å². The van der Waals surface area contributed by atoms with Gasteiger partial charge < -0.3 is 4.57 Å². The maximum absolute atomic E-state index is 11.3. The lowest BCUT2D eigenvalue weighted by atomic mass is 10.1. The number of benzene rings is 1. The van der Waals surface area contributed by atoms with E-state index >= 15 is 0 Å². The number of pyridine rings is 1. The van der Waals surface area contributed by atoms with Gasteiger partial charge in [0.25, 0.3) is 0 Å². The predicted octanol–water partition coefficient (Wildman–Crippen LogP) is 0.700. The number of hydrogen-bond donors (Lipinski definition) is 1. The number of nitrogens with two attached hydrogens (primary N) is 1. The Morgan fingerprint density at radius 1 is 1.11 bits per heavy atom. The van der Waals surface area contributed by atoms with Crippen molar-refractivity contribution in [2.24, 2.45) is 12.2 Å². The number of hydrogen-bond acceptors (Lipinski definition) is 3. The highest BCUT2D eigenvalue weighted by molar-refractivity contribution is 7.89. The Bertz CT molecular complexity index is 748. The highest BCUT2D eigenvalue weighted by atomic mass is 32.2. The number of aromatic nitrogens is 1. The summed E-state index contributed by atoms with van der Waals surface area (Å²) in [5, 5.41) is 5.07. The number of sulfonamides is 1. The monoisotopic (exact) mass is 264 g/mol. The first kappa shape index (κ1) is 12.5. The molecule has 0 saturated heterocycles. The van der Waals surface area contributed by atoms with Gasteiger partial charge in [0.2, 0.25) is 15.6 Å². The van der Waals surface area contributed by atoms with Crippen molar-refractivity contribution >= 4 is 10.0 Å². The number of rotatable bonds is 2. The van der Waals surface area contributed by atoms with Gasteiger partial charge in [-0.25, -0.2) is 13.6 Å². The molecule has 0 fully saturated rings. The third-order valence-electron chi connectivity index (χ3n) is 2.58. The Labute approximate surface area is 105 Å². The first-order valence-electron chi connectivity index (χ1n) is 5.18. The summed E-state index contributed by atoms with van der Waals surface area (Å²) in [7, 11) is -2.09. The molecule has 0 aliphatic rings. The molecule has 0 aliphatic heterocycles. The molecule has 0 atom stereocenters. The third kappa shape index (κ3) is 2.49. The number of nitrogens with zero attached hydrogens (tertiary/aromatic N) is 1. The molecule has 0 saturated carbocycles. The Morgan fingerprint density at radius 2 is 1.83 bits per heavy atom. The third-order valence-corrected chi connectivity index (χ3v) is 3.49. The molecule has 0 unspecified atom stereocenters. The van der Waals surface area contributed by atoms with Gasteiger partial charge in [-0.05, 0) is 29.3 Å². The zero-order chi connectivity index (χ0) is 13.3. The molecule has 1 heterocycles. The second-order valence-electron chi connectivity index (χ2n) is 3.94. The van der Waals surface area contributed by atoms with E-state index in [9.17, 15) is 13.2 Å². The molecular weight excluding hydrogens is 252 g/mol. The van der Waals surface area contributed by atoms with Gasteiger partial charge in [0.15, 0.2) is 0 Å². The van der Waals surface area contributed by atoms with Crippen LogP contribution in [0.25, 0.3) is 11.1 Å². The maximum Gasteiger partial charge on any atom is 0.250 e. The molecule has 6 heteroatoms. The summed E-state index contributed by atoms with van der Waals surface area (Å²) in [5.74, 6) is 0. The van der Waals surface area contributed by atoms with Crippen LogP contribution in [0.15, 0.2) is 52.3 Å². The van der Waals surface area contributed by atoms with E-state index in [1.807, 2.05) is 0 Å². The van der Waals surface area contributed by atoms with Crippen LogP contribution in [-0.2, 0) is 17.1 Å². The van der Waals surface area contributed by atoms with Crippen molar-refractivity contribution in [3.8, 4) is 11.1 Å². The molecule has 0 amide bonds. The molecule has 94 valence electrons. The lowest BCUT2D eigenvalue weighted by Gasteiger charge is -2.05. The van der Waals surface area contributed by atoms with Gasteiger partial charge in [0.1, 0.15) is 0 Å². The fourth-order valence-corrected chi connectivity index (χ4v) is 2.18. The van der Waals surface area contributed by atoms with Gasteiger partial charge in [-0.15, -0.1) is 0 Å². The van der Waals surface area contributed by atoms with Gasteiger partial charge in [0, 0.05) is 19.3 Å². The molecule has 1 aromatic carbocycles. The van der Waals surface area contributed by atoms with Crippen LogP contribution >= 0.6 is 0 Å². The van der Waals surface area contributed by atoms with Crippen LogP contribution in [0.1, 0.15) is 0 Å². The summed E-state index contributed by atoms with van der Waals surface area (Å²) in [6, 6.07) is 9.36. The molecular formula is C12H12N2O3S. The lowest BCUT2D eigenvalue weighted by Crippen LogP contribution is -2.14. The molecule has 0 bridgehead atoms. The van der Waals surface area contributed by atoms with Gasteiger partial charge in [-0.1, -0.05) is 12.1 Å². The van der Waals surface area contributed by atoms with E-state index in [1.54, 1.807) is 31.4 Å². The predicted molar refractivity (Wildman–Crippen MR) is 68.5 cm³/mol. The summed E-state index contributed by atoms with van der Waals surface area (Å²) in [5.41, 5.74) is 1.32. The van der Waals surface area contributed by atoms with E-state index in [0.29, 0.717) is 5.56 Å². The average Bonchev–Trinajstić information content (AvgIpc) is 2.32. The zero-order valence-electron chi connectivity index (χ0n) is 9.70. The molecule has 18 heavy (non-hydrogen) atoms. The van der Waals surface area contributed by atoms with Crippen molar-refractivity contribution in [1.29, 1.82) is 0 Å². The maximum atomic E-state index is 11.3. The normalized spacial score (nSPS) is 11.4. The Balaban J connectivity index is 2.58. The molecule has 5 nitrogen and oxygen atoms in total. The Hall–Kier alpha value is -1.92. The summed E-state index contributed by atoms with van der Waals surface area (Å²) < 4.78 is 23.9. The molecule has 1 aromatic heterocycles. The minimum Gasteiger partial charge on any atom is -0.318 e. The second kappa shape index (κ2) is 4.40. The van der Waals surface area contributed by atoms with E-state index in [0.717, 1.165) is 5.56 Å². The van der Waals surface area contributed by atoms with Crippen LogP contribution in [0.3, 0.4) is 0 Å². The Kier molecular flexibility index (Phi) is 3.06. The largest absolute Gasteiger partial charge is 0.318 e.